The first-order valence-electron chi connectivity index (χ1n) is 10.9. The molecule has 2 saturated heterocycles. The highest BCUT2D eigenvalue weighted by Gasteiger charge is 2.30. The third-order valence-corrected chi connectivity index (χ3v) is 5.38. The normalized spacial score (nSPS) is 20.5. The van der Waals surface area contributed by atoms with Gasteiger partial charge in [-0.1, -0.05) is 25.1 Å². The van der Waals surface area contributed by atoms with Gasteiger partial charge in [0.2, 0.25) is 0 Å². The van der Waals surface area contributed by atoms with Crippen molar-refractivity contribution in [2.45, 2.75) is 45.3 Å². The molecule has 1 amide bonds. The molecule has 7 nitrogen and oxygen atoms in total. The van der Waals surface area contributed by atoms with Crippen LogP contribution in [0.3, 0.4) is 0 Å². The van der Waals surface area contributed by atoms with E-state index in [0.717, 1.165) is 50.6 Å². The Balaban J connectivity index is 0.00000320. The van der Waals surface area contributed by atoms with Gasteiger partial charge in [-0.3, -0.25) is 4.79 Å². The van der Waals surface area contributed by atoms with Gasteiger partial charge < -0.3 is 24.6 Å². The van der Waals surface area contributed by atoms with E-state index in [4.69, 9.17) is 14.5 Å². The second-order valence-electron chi connectivity index (χ2n) is 7.47. The molecule has 1 aromatic rings. The van der Waals surface area contributed by atoms with E-state index in [1.165, 1.54) is 0 Å². The summed E-state index contributed by atoms with van der Waals surface area (Å²) in [5, 5.41) is 3.39. The molecule has 2 aliphatic rings. The summed E-state index contributed by atoms with van der Waals surface area (Å²) in [6.45, 7) is 9.28. The summed E-state index contributed by atoms with van der Waals surface area (Å²) in [6.07, 6.45) is 2.53. The Labute approximate surface area is 197 Å². The molecule has 2 unspecified atom stereocenters. The number of carbonyl (C=O) groups excluding carboxylic acids is 1. The fourth-order valence-electron chi connectivity index (χ4n) is 3.67. The SMILES string of the molecule is CCNC(=NCC(CC)Oc1ccccc1)N1CCN(C(=O)C2CCCO2)CC1.I. The average molecular weight is 530 g/mol. The molecule has 0 aromatic heterocycles. The zero-order valence-electron chi connectivity index (χ0n) is 18.1. The highest BCUT2D eigenvalue weighted by Crippen LogP contribution is 2.16. The molecule has 0 bridgehead atoms. The zero-order chi connectivity index (χ0) is 20.5. The highest BCUT2D eigenvalue weighted by molar-refractivity contribution is 14.0. The molecule has 0 saturated carbocycles. The van der Waals surface area contributed by atoms with Gasteiger partial charge >= 0.3 is 0 Å². The number of nitrogens with one attached hydrogen (secondary N) is 1. The largest absolute Gasteiger partial charge is 0.489 e. The Morgan fingerprint density at radius 2 is 1.90 bits per heavy atom. The predicted octanol–water partition coefficient (Wildman–Crippen LogP) is 2.75. The first-order chi connectivity index (χ1) is 14.2. The number of piperazine rings is 1. The lowest BCUT2D eigenvalue weighted by Gasteiger charge is -2.37. The van der Waals surface area contributed by atoms with Crippen molar-refractivity contribution in [3.63, 3.8) is 0 Å². The minimum atomic E-state index is -0.232. The Hall–Kier alpha value is -1.55. The number of carbonyl (C=O) groups is 1. The number of benzene rings is 1. The Bertz CT molecular complexity index is 660. The lowest BCUT2D eigenvalue weighted by molar-refractivity contribution is -0.142. The maximum atomic E-state index is 12.6. The van der Waals surface area contributed by atoms with Gasteiger partial charge in [0.15, 0.2) is 5.96 Å². The van der Waals surface area contributed by atoms with Gasteiger partial charge in [0.05, 0.1) is 6.54 Å². The van der Waals surface area contributed by atoms with Crippen molar-refractivity contribution in [1.82, 2.24) is 15.1 Å². The molecule has 2 aliphatic heterocycles. The molecule has 0 spiro atoms. The molecule has 0 radical (unpaired) electrons. The monoisotopic (exact) mass is 530 g/mol. The zero-order valence-corrected chi connectivity index (χ0v) is 20.4. The van der Waals surface area contributed by atoms with Gasteiger partial charge in [-0.25, -0.2) is 4.99 Å². The van der Waals surface area contributed by atoms with Crippen LogP contribution in [0, 0.1) is 0 Å². The molecule has 2 fully saturated rings. The standard InChI is InChI=1S/C22H34N4O3.HI/c1-3-18(29-19-9-6-5-7-10-19)17-24-22(23-4-2)26-14-12-25(13-15-26)21(27)20-11-8-16-28-20;/h5-7,9-10,18,20H,3-4,8,11-17H2,1-2H3,(H,23,24);1H. The smallest absolute Gasteiger partial charge is 0.251 e. The number of nitrogens with zero attached hydrogens (tertiary/aromatic N) is 3. The minimum absolute atomic E-state index is 0. The number of guanidine groups is 1. The van der Waals surface area contributed by atoms with Crippen LogP contribution in [0.2, 0.25) is 0 Å². The molecule has 30 heavy (non-hydrogen) atoms. The van der Waals surface area contributed by atoms with E-state index in [0.29, 0.717) is 26.2 Å². The van der Waals surface area contributed by atoms with Gasteiger partial charge in [0.1, 0.15) is 18.0 Å². The first-order valence-corrected chi connectivity index (χ1v) is 10.9. The van der Waals surface area contributed by atoms with Gasteiger partial charge in [-0.05, 0) is 38.3 Å². The second-order valence-corrected chi connectivity index (χ2v) is 7.47. The van der Waals surface area contributed by atoms with E-state index in [9.17, 15) is 4.79 Å². The van der Waals surface area contributed by atoms with E-state index in [1.54, 1.807) is 0 Å². The van der Waals surface area contributed by atoms with Crippen LogP contribution in [0.25, 0.3) is 0 Å². The van der Waals surface area contributed by atoms with Gasteiger partial charge in [0.25, 0.3) is 5.91 Å². The number of hydrogen-bond donors (Lipinski definition) is 1. The summed E-state index contributed by atoms with van der Waals surface area (Å²) in [7, 11) is 0. The molecular formula is C22H35IN4O3. The molecule has 168 valence electrons. The topological polar surface area (TPSA) is 66.4 Å². The van der Waals surface area contributed by atoms with Crippen molar-refractivity contribution < 1.29 is 14.3 Å². The van der Waals surface area contributed by atoms with E-state index in [-0.39, 0.29) is 42.1 Å². The Morgan fingerprint density at radius 3 is 2.50 bits per heavy atom. The van der Waals surface area contributed by atoms with Gasteiger partial charge in [0, 0.05) is 39.3 Å². The highest BCUT2D eigenvalue weighted by atomic mass is 127. The number of halogens is 1. The van der Waals surface area contributed by atoms with Crippen molar-refractivity contribution in [3.8, 4) is 5.75 Å². The van der Waals surface area contributed by atoms with Crippen LogP contribution >= 0.6 is 24.0 Å². The maximum absolute atomic E-state index is 12.6. The van der Waals surface area contributed by atoms with Crippen LogP contribution in [-0.4, -0.2) is 79.7 Å². The summed E-state index contributed by atoms with van der Waals surface area (Å²) in [4.78, 5) is 21.5. The van der Waals surface area contributed by atoms with E-state index < -0.39 is 0 Å². The van der Waals surface area contributed by atoms with Gasteiger partial charge in [-0.15, -0.1) is 24.0 Å². The summed E-state index contributed by atoms with van der Waals surface area (Å²) >= 11 is 0. The molecule has 3 rings (SSSR count). The number of aliphatic imine (C=N–C) groups is 1. The van der Waals surface area contributed by atoms with Crippen LogP contribution in [0.15, 0.2) is 35.3 Å². The summed E-state index contributed by atoms with van der Waals surface area (Å²) in [5.74, 6) is 1.92. The predicted molar refractivity (Wildman–Crippen MR) is 130 cm³/mol. The number of rotatable bonds is 7. The molecule has 1 aromatic carbocycles. The van der Waals surface area contributed by atoms with Crippen molar-refractivity contribution in [3.05, 3.63) is 30.3 Å². The fourth-order valence-corrected chi connectivity index (χ4v) is 3.67. The molecule has 1 N–H and O–H groups in total. The van der Waals surface area contributed by atoms with Crippen LogP contribution < -0.4 is 10.1 Å². The molecule has 2 heterocycles. The van der Waals surface area contributed by atoms with Crippen LogP contribution in [-0.2, 0) is 9.53 Å². The summed E-state index contributed by atoms with van der Waals surface area (Å²) in [6, 6.07) is 9.89. The van der Waals surface area contributed by atoms with Crippen molar-refractivity contribution in [1.29, 1.82) is 0 Å². The number of ether oxygens (including phenoxy) is 2. The molecular weight excluding hydrogens is 495 g/mol. The van der Waals surface area contributed by atoms with Crippen molar-refractivity contribution >= 4 is 35.8 Å². The Morgan fingerprint density at radius 1 is 1.20 bits per heavy atom. The second kappa shape index (κ2) is 13.0. The number of hydrogen-bond acceptors (Lipinski definition) is 4. The number of para-hydroxylation sites is 1. The first kappa shape index (κ1) is 24.7. The van der Waals surface area contributed by atoms with Crippen LogP contribution in [0.4, 0.5) is 0 Å². The molecule has 2 atom stereocenters. The van der Waals surface area contributed by atoms with E-state index >= 15 is 0 Å². The molecule has 0 aliphatic carbocycles. The minimum Gasteiger partial charge on any atom is -0.489 e. The number of amides is 1. The lowest BCUT2D eigenvalue weighted by Crippen LogP contribution is -2.55. The maximum Gasteiger partial charge on any atom is 0.251 e. The molecule has 8 heteroatoms. The van der Waals surface area contributed by atoms with Crippen molar-refractivity contribution in [2.24, 2.45) is 4.99 Å². The van der Waals surface area contributed by atoms with E-state index in [1.807, 2.05) is 35.2 Å². The fraction of sp³-hybridized carbons (Fsp3) is 0.636. The summed E-state index contributed by atoms with van der Waals surface area (Å²) < 4.78 is 11.6. The average Bonchev–Trinajstić information content (AvgIpc) is 3.31. The van der Waals surface area contributed by atoms with Crippen LogP contribution in [0.1, 0.15) is 33.1 Å². The summed E-state index contributed by atoms with van der Waals surface area (Å²) in [5.41, 5.74) is 0. The third-order valence-electron chi connectivity index (χ3n) is 5.38. The van der Waals surface area contributed by atoms with E-state index in [2.05, 4.69) is 24.1 Å². The third kappa shape index (κ3) is 7.01. The quantitative estimate of drug-likeness (QED) is 0.334. The van der Waals surface area contributed by atoms with Crippen molar-refractivity contribution in [2.75, 3.05) is 45.9 Å². The Kier molecular flexibility index (Phi) is 10.7. The van der Waals surface area contributed by atoms with Crippen LogP contribution in [0.5, 0.6) is 5.75 Å². The van der Waals surface area contributed by atoms with Gasteiger partial charge in [-0.2, -0.15) is 0 Å². The lowest BCUT2D eigenvalue weighted by atomic mass is 10.2.